The molecule has 0 unspecified atom stereocenters. The second-order valence-corrected chi connectivity index (χ2v) is 4.76. The molecule has 0 saturated carbocycles. The summed E-state index contributed by atoms with van der Waals surface area (Å²) in [5, 5.41) is 3.11. The molecular weight excluding hydrogens is 248 g/mol. The molecule has 0 atom stereocenters. The van der Waals surface area contributed by atoms with E-state index in [1.807, 2.05) is 37.6 Å². The third-order valence-corrected chi connectivity index (χ3v) is 3.12. The van der Waals surface area contributed by atoms with Crippen LogP contribution in [-0.4, -0.2) is 23.6 Å². The summed E-state index contributed by atoms with van der Waals surface area (Å²) in [6.45, 7) is 3.92. The molecule has 0 bridgehead atoms. The van der Waals surface area contributed by atoms with Gasteiger partial charge >= 0.3 is 0 Å². The maximum atomic E-state index is 4.50. The van der Waals surface area contributed by atoms with E-state index in [4.69, 9.17) is 0 Å². The van der Waals surface area contributed by atoms with E-state index in [1.54, 1.807) is 0 Å². The number of nitrogens with one attached hydrogen (secondary N) is 1. The van der Waals surface area contributed by atoms with E-state index in [0.29, 0.717) is 0 Å². The van der Waals surface area contributed by atoms with E-state index in [2.05, 4.69) is 39.2 Å². The van der Waals surface area contributed by atoms with Gasteiger partial charge in [-0.05, 0) is 25.6 Å². The van der Waals surface area contributed by atoms with Crippen LogP contribution in [0.25, 0.3) is 0 Å². The Labute approximate surface area is 120 Å². The summed E-state index contributed by atoms with van der Waals surface area (Å²) in [6.07, 6.45) is 6.05. The summed E-state index contributed by atoms with van der Waals surface area (Å²) >= 11 is 0. The molecule has 0 radical (unpaired) electrons. The molecule has 1 heterocycles. The standard InChI is InChI=1S/C16H22N4/c1-3-4-10-20(15-8-6-5-7-9-15)16-18-12-14(11-17-2)13-19-16/h5-9,12-13,17H,3-4,10-11H2,1-2H3. The largest absolute Gasteiger partial charge is 0.316 e. The number of unbranched alkanes of at least 4 members (excludes halogenated alkanes) is 1. The molecule has 0 aliphatic heterocycles. The van der Waals surface area contributed by atoms with Crippen LogP contribution in [-0.2, 0) is 6.54 Å². The Hall–Kier alpha value is -1.94. The van der Waals surface area contributed by atoms with E-state index in [-0.39, 0.29) is 0 Å². The van der Waals surface area contributed by atoms with Crippen molar-refractivity contribution in [2.45, 2.75) is 26.3 Å². The average molecular weight is 270 g/mol. The first-order chi connectivity index (χ1) is 9.85. The van der Waals surface area contributed by atoms with E-state index in [1.165, 1.54) is 0 Å². The van der Waals surface area contributed by atoms with Gasteiger partial charge in [-0.15, -0.1) is 0 Å². The fourth-order valence-corrected chi connectivity index (χ4v) is 2.05. The van der Waals surface area contributed by atoms with Crippen LogP contribution < -0.4 is 10.2 Å². The third-order valence-electron chi connectivity index (χ3n) is 3.12. The summed E-state index contributed by atoms with van der Waals surface area (Å²) in [6, 6.07) is 10.3. The van der Waals surface area contributed by atoms with Gasteiger partial charge in [0.05, 0.1) is 0 Å². The van der Waals surface area contributed by atoms with Crippen molar-refractivity contribution in [3.8, 4) is 0 Å². The van der Waals surface area contributed by atoms with Crippen LogP contribution in [0.2, 0.25) is 0 Å². The molecule has 4 nitrogen and oxygen atoms in total. The number of para-hydroxylation sites is 1. The maximum Gasteiger partial charge on any atom is 0.229 e. The Kier molecular flexibility index (Phi) is 5.50. The van der Waals surface area contributed by atoms with Crippen molar-refractivity contribution >= 4 is 11.6 Å². The molecule has 0 spiro atoms. The Morgan fingerprint density at radius 3 is 2.40 bits per heavy atom. The molecule has 106 valence electrons. The van der Waals surface area contributed by atoms with Gasteiger partial charge in [-0.1, -0.05) is 31.5 Å². The molecule has 2 rings (SSSR count). The third kappa shape index (κ3) is 3.78. The van der Waals surface area contributed by atoms with Crippen molar-refractivity contribution < 1.29 is 0 Å². The highest BCUT2D eigenvalue weighted by Crippen LogP contribution is 2.21. The first-order valence-electron chi connectivity index (χ1n) is 7.13. The highest BCUT2D eigenvalue weighted by Gasteiger charge is 2.11. The van der Waals surface area contributed by atoms with Crippen LogP contribution in [0.1, 0.15) is 25.3 Å². The molecule has 1 aromatic heterocycles. The van der Waals surface area contributed by atoms with Gasteiger partial charge in [0.2, 0.25) is 5.95 Å². The van der Waals surface area contributed by atoms with Crippen molar-refractivity contribution in [3.63, 3.8) is 0 Å². The van der Waals surface area contributed by atoms with Crippen molar-refractivity contribution in [1.29, 1.82) is 0 Å². The number of anilines is 2. The summed E-state index contributed by atoms with van der Waals surface area (Å²) in [5.41, 5.74) is 2.24. The van der Waals surface area contributed by atoms with Crippen LogP contribution in [0.4, 0.5) is 11.6 Å². The number of hydrogen-bond acceptors (Lipinski definition) is 4. The molecule has 0 fully saturated rings. The summed E-state index contributed by atoms with van der Waals surface area (Å²) in [7, 11) is 1.92. The molecule has 4 heteroatoms. The molecule has 0 amide bonds. The fourth-order valence-electron chi connectivity index (χ4n) is 2.05. The number of aromatic nitrogens is 2. The maximum absolute atomic E-state index is 4.50. The van der Waals surface area contributed by atoms with Gasteiger partial charge in [0.25, 0.3) is 0 Å². The molecular formula is C16H22N4. The average Bonchev–Trinajstić information content (AvgIpc) is 2.51. The molecule has 1 aromatic carbocycles. The lowest BCUT2D eigenvalue weighted by Gasteiger charge is -2.22. The van der Waals surface area contributed by atoms with Gasteiger partial charge in [-0.3, -0.25) is 0 Å². The van der Waals surface area contributed by atoms with Crippen LogP contribution in [0.5, 0.6) is 0 Å². The predicted octanol–water partition coefficient (Wildman–Crippen LogP) is 3.13. The highest BCUT2D eigenvalue weighted by molar-refractivity contribution is 5.56. The number of benzene rings is 1. The van der Waals surface area contributed by atoms with Gasteiger partial charge in [0.15, 0.2) is 0 Å². The number of nitrogens with zero attached hydrogens (tertiary/aromatic N) is 3. The smallest absolute Gasteiger partial charge is 0.229 e. The van der Waals surface area contributed by atoms with Gasteiger partial charge in [0.1, 0.15) is 0 Å². The minimum Gasteiger partial charge on any atom is -0.316 e. The fraction of sp³-hybridized carbons (Fsp3) is 0.375. The molecule has 20 heavy (non-hydrogen) atoms. The van der Waals surface area contributed by atoms with E-state index < -0.39 is 0 Å². The van der Waals surface area contributed by atoms with E-state index >= 15 is 0 Å². The minimum atomic E-state index is 0.768. The molecule has 2 aromatic rings. The minimum absolute atomic E-state index is 0.768. The van der Waals surface area contributed by atoms with Crippen LogP contribution in [0.3, 0.4) is 0 Å². The Balaban J connectivity index is 2.22. The lowest BCUT2D eigenvalue weighted by Crippen LogP contribution is -2.21. The van der Waals surface area contributed by atoms with Crippen molar-refractivity contribution in [2.24, 2.45) is 0 Å². The van der Waals surface area contributed by atoms with Crippen LogP contribution >= 0.6 is 0 Å². The Morgan fingerprint density at radius 1 is 1.10 bits per heavy atom. The van der Waals surface area contributed by atoms with Gasteiger partial charge in [-0.25, -0.2) is 9.97 Å². The summed E-state index contributed by atoms with van der Waals surface area (Å²) in [5.74, 6) is 0.768. The van der Waals surface area contributed by atoms with Gasteiger partial charge in [-0.2, -0.15) is 0 Å². The SMILES string of the molecule is CCCCN(c1ccccc1)c1ncc(CNC)cn1. The zero-order valence-electron chi connectivity index (χ0n) is 12.2. The zero-order valence-corrected chi connectivity index (χ0v) is 12.2. The monoisotopic (exact) mass is 270 g/mol. The normalized spacial score (nSPS) is 10.5. The summed E-state index contributed by atoms with van der Waals surface area (Å²) < 4.78 is 0. The van der Waals surface area contributed by atoms with Crippen molar-refractivity contribution in [3.05, 3.63) is 48.3 Å². The first kappa shape index (κ1) is 14.5. The van der Waals surface area contributed by atoms with Crippen LogP contribution in [0.15, 0.2) is 42.7 Å². The molecule has 0 aliphatic rings. The number of hydrogen-bond donors (Lipinski definition) is 1. The molecule has 1 N–H and O–H groups in total. The van der Waals surface area contributed by atoms with E-state index in [9.17, 15) is 0 Å². The number of rotatable bonds is 7. The van der Waals surface area contributed by atoms with Crippen molar-refractivity contribution in [2.75, 3.05) is 18.5 Å². The Morgan fingerprint density at radius 2 is 1.80 bits per heavy atom. The first-order valence-corrected chi connectivity index (χ1v) is 7.13. The molecule has 0 aliphatic carbocycles. The summed E-state index contributed by atoms with van der Waals surface area (Å²) in [4.78, 5) is 11.2. The van der Waals surface area contributed by atoms with Crippen molar-refractivity contribution in [1.82, 2.24) is 15.3 Å². The second kappa shape index (κ2) is 7.60. The lowest BCUT2D eigenvalue weighted by molar-refractivity contribution is 0.764. The lowest BCUT2D eigenvalue weighted by atomic mass is 10.2. The van der Waals surface area contributed by atoms with Crippen LogP contribution in [0, 0.1) is 0 Å². The predicted molar refractivity (Wildman–Crippen MR) is 83.2 cm³/mol. The second-order valence-electron chi connectivity index (χ2n) is 4.76. The van der Waals surface area contributed by atoms with Gasteiger partial charge in [0, 0.05) is 36.7 Å². The van der Waals surface area contributed by atoms with E-state index in [0.717, 1.165) is 43.1 Å². The molecule has 0 saturated heterocycles. The zero-order chi connectivity index (χ0) is 14.2. The Bertz CT molecular complexity index is 496. The van der Waals surface area contributed by atoms with Gasteiger partial charge < -0.3 is 10.2 Å². The quantitative estimate of drug-likeness (QED) is 0.839. The highest BCUT2D eigenvalue weighted by atomic mass is 15.2. The topological polar surface area (TPSA) is 41.1 Å².